The molecule has 0 unspecified atom stereocenters. The van der Waals surface area contributed by atoms with Gasteiger partial charge in [0.2, 0.25) is 5.78 Å². The Morgan fingerprint density at radius 1 is 1.20 bits per heavy atom. The van der Waals surface area contributed by atoms with Crippen molar-refractivity contribution >= 4 is 29.0 Å². The van der Waals surface area contributed by atoms with Gasteiger partial charge in [0.25, 0.3) is 0 Å². The molecule has 0 saturated heterocycles. The molecule has 1 saturated carbocycles. The molecule has 3 rings (SSSR count). The molecular formula is C15H11Cl2NO2. The van der Waals surface area contributed by atoms with Crippen molar-refractivity contribution in [2.24, 2.45) is 0 Å². The fourth-order valence-electron chi connectivity index (χ4n) is 1.78. The molecule has 5 heteroatoms. The number of aromatic nitrogens is 1. The average molecular weight is 308 g/mol. The standard InChI is InChI=1S/C15H11Cl2NO2/c16-10-7-13(17)14(18-8-10)15(19)9-1-3-11(4-2-9)20-12-5-6-12/h1-4,7-8,12H,5-6H2. The van der Waals surface area contributed by atoms with Gasteiger partial charge in [-0.15, -0.1) is 0 Å². The van der Waals surface area contributed by atoms with Gasteiger partial charge in [-0.3, -0.25) is 4.79 Å². The number of nitrogens with zero attached hydrogens (tertiary/aromatic N) is 1. The second kappa shape index (κ2) is 5.43. The van der Waals surface area contributed by atoms with Crippen LogP contribution in [0.3, 0.4) is 0 Å². The minimum absolute atomic E-state index is 0.201. The maximum atomic E-state index is 12.3. The molecule has 0 N–H and O–H groups in total. The number of ketones is 1. The van der Waals surface area contributed by atoms with E-state index >= 15 is 0 Å². The van der Waals surface area contributed by atoms with Gasteiger partial charge in [-0.1, -0.05) is 23.2 Å². The first-order chi connectivity index (χ1) is 9.63. The Hall–Kier alpha value is -1.58. The van der Waals surface area contributed by atoms with Crippen LogP contribution in [-0.2, 0) is 0 Å². The third-order valence-electron chi connectivity index (χ3n) is 2.97. The third kappa shape index (κ3) is 2.94. The molecule has 1 fully saturated rings. The largest absolute Gasteiger partial charge is 0.490 e. The molecule has 0 radical (unpaired) electrons. The predicted octanol–water partition coefficient (Wildman–Crippen LogP) is 4.16. The maximum Gasteiger partial charge on any atom is 0.212 e. The van der Waals surface area contributed by atoms with Crippen molar-refractivity contribution in [2.45, 2.75) is 18.9 Å². The molecule has 0 aliphatic heterocycles. The highest BCUT2D eigenvalue weighted by atomic mass is 35.5. The Balaban J connectivity index is 1.82. The monoisotopic (exact) mass is 307 g/mol. The van der Waals surface area contributed by atoms with Crippen LogP contribution >= 0.6 is 23.2 Å². The molecule has 102 valence electrons. The molecule has 0 atom stereocenters. The van der Waals surface area contributed by atoms with E-state index in [1.807, 2.05) is 0 Å². The molecule has 0 amide bonds. The maximum absolute atomic E-state index is 12.3. The van der Waals surface area contributed by atoms with Crippen LogP contribution in [0.5, 0.6) is 5.75 Å². The summed E-state index contributed by atoms with van der Waals surface area (Å²) >= 11 is 11.8. The molecule has 20 heavy (non-hydrogen) atoms. The number of carbonyl (C=O) groups is 1. The highest BCUT2D eigenvalue weighted by Crippen LogP contribution is 2.27. The number of benzene rings is 1. The highest BCUT2D eigenvalue weighted by Gasteiger charge is 2.23. The lowest BCUT2D eigenvalue weighted by molar-refractivity contribution is 0.103. The fraction of sp³-hybridized carbons (Fsp3) is 0.200. The number of carbonyl (C=O) groups excluding carboxylic acids is 1. The Morgan fingerprint density at radius 3 is 2.50 bits per heavy atom. The smallest absolute Gasteiger partial charge is 0.212 e. The second-order valence-electron chi connectivity index (χ2n) is 4.65. The number of hydrogen-bond acceptors (Lipinski definition) is 3. The number of rotatable bonds is 4. The normalized spacial score (nSPS) is 14.1. The van der Waals surface area contributed by atoms with Gasteiger partial charge in [-0.25, -0.2) is 4.98 Å². The molecular weight excluding hydrogens is 297 g/mol. The lowest BCUT2D eigenvalue weighted by atomic mass is 10.1. The topological polar surface area (TPSA) is 39.2 Å². The van der Waals surface area contributed by atoms with E-state index < -0.39 is 0 Å². The number of hydrogen-bond donors (Lipinski definition) is 0. The quantitative estimate of drug-likeness (QED) is 0.796. The van der Waals surface area contributed by atoms with Crippen LogP contribution in [0.25, 0.3) is 0 Å². The molecule has 0 spiro atoms. The van der Waals surface area contributed by atoms with E-state index in [0.29, 0.717) is 16.7 Å². The van der Waals surface area contributed by atoms with Crippen molar-refractivity contribution in [3.8, 4) is 5.75 Å². The fourth-order valence-corrected chi connectivity index (χ4v) is 2.25. The lowest BCUT2D eigenvalue weighted by Crippen LogP contribution is -2.05. The molecule has 1 aliphatic rings. The number of ether oxygens (including phenoxy) is 1. The van der Waals surface area contributed by atoms with Gasteiger partial charge < -0.3 is 4.74 Å². The summed E-state index contributed by atoms with van der Waals surface area (Å²) in [5, 5.41) is 0.653. The van der Waals surface area contributed by atoms with Gasteiger partial charge in [0.15, 0.2) is 0 Å². The first-order valence-electron chi connectivity index (χ1n) is 6.26. The average Bonchev–Trinajstić information content (AvgIpc) is 3.23. The molecule has 1 heterocycles. The van der Waals surface area contributed by atoms with E-state index in [4.69, 9.17) is 27.9 Å². The van der Waals surface area contributed by atoms with Gasteiger partial charge in [0.1, 0.15) is 11.4 Å². The van der Waals surface area contributed by atoms with E-state index in [2.05, 4.69) is 4.98 Å². The van der Waals surface area contributed by atoms with Crippen LogP contribution in [-0.4, -0.2) is 16.9 Å². The van der Waals surface area contributed by atoms with Gasteiger partial charge >= 0.3 is 0 Å². The summed E-state index contributed by atoms with van der Waals surface area (Å²) in [4.78, 5) is 16.3. The lowest BCUT2D eigenvalue weighted by Gasteiger charge is -2.06. The zero-order valence-electron chi connectivity index (χ0n) is 10.5. The van der Waals surface area contributed by atoms with E-state index in [9.17, 15) is 4.79 Å². The van der Waals surface area contributed by atoms with E-state index in [1.54, 1.807) is 24.3 Å². The van der Waals surface area contributed by atoms with Crippen LogP contribution in [0.4, 0.5) is 0 Å². The predicted molar refractivity (Wildman–Crippen MR) is 77.8 cm³/mol. The summed E-state index contributed by atoms with van der Waals surface area (Å²) in [6.45, 7) is 0. The van der Waals surface area contributed by atoms with Gasteiger partial charge in [0.05, 0.1) is 16.1 Å². The summed E-state index contributed by atoms with van der Waals surface area (Å²) < 4.78 is 5.63. The van der Waals surface area contributed by atoms with Crippen molar-refractivity contribution in [3.05, 3.63) is 57.8 Å². The van der Waals surface area contributed by atoms with Gasteiger partial charge in [-0.2, -0.15) is 0 Å². The Bertz CT molecular complexity index is 651. The van der Waals surface area contributed by atoms with Crippen molar-refractivity contribution in [2.75, 3.05) is 0 Å². The van der Waals surface area contributed by atoms with Gasteiger partial charge in [0, 0.05) is 11.8 Å². The minimum Gasteiger partial charge on any atom is -0.490 e. The molecule has 1 aromatic heterocycles. The van der Waals surface area contributed by atoms with E-state index in [1.165, 1.54) is 12.3 Å². The first-order valence-corrected chi connectivity index (χ1v) is 7.01. The van der Waals surface area contributed by atoms with Crippen LogP contribution in [0.1, 0.15) is 28.9 Å². The molecule has 1 aliphatic carbocycles. The number of pyridine rings is 1. The summed E-state index contributed by atoms with van der Waals surface area (Å²) in [6.07, 6.45) is 3.95. The summed E-state index contributed by atoms with van der Waals surface area (Å²) in [5.41, 5.74) is 0.719. The number of halogens is 2. The molecule has 3 nitrogen and oxygen atoms in total. The van der Waals surface area contributed by atoms with Gasteiger partial charge in [-0.05, 0) is 43.2 Å². The zero-order valence-corrected chi connectivity index (χ0v) is 12.0. The van der Waals surface area contributed by atoms with E-state index in [0.717, 1.165) is 18.6 Å². The third-order valence-corrected chi connectivity index (χ3v) is 3.46. The Kier molecular flexibility index (Phi) is 3.64. The van der Waals surface area contributed by atoms with Crippen LogP contribution in [0.2, 0.25) is 10.0 Å². The molecule has 2 aromatic rings. The Morgan fingerprint density at radius 2 is 1.90 bits per heavy atom. The highest BCUT2D eigenvalue weighted by molar-refractivity contribution is 6.37. The van der Waals surface area contributed by atoms with Crippen molar-refractivity contribution in [1.82, 2.24) is 4.98 Å². The minimum atomic E-state index is -0.232. The summed E-state index contributed by atoms with van der Waals surface area (Å²) in [5.74, 6) is 0.545. The zero-order chi connectivity index (χ0) is 14.1. The first kappa shape index (κ1) is 13.4. The molecule has 0 bridgehead atoms. The van der Waals surface area contributed by atoms with Crippen LogP contribution < -0.4 is 4.74 Å². The SMILES string of the molecule is O=C(c1ccc(OC2CC2)cc1)c1ncc(Cl)cc1Cl. The summed E-state index contributed by atoms with van der Waals surface area (Å²) in [7, 11) is 0. The van der Waals surface area contributed by atoms with Crippen molar-refractivity contribution in [1.29, 1.82) is 0 Å². The van der Waals surface area contributed by atoms with E-state index in [-0.39, 0.29) is 16.5 Å². The molecule has 1 aromatic carbocycles. The van der Waals surface area contributed by atoms with Crippen molar-refractivity contribution < 1.29 is 9.53 Å². The Labute approximate surface area is 126 Å². The second-order valence-corrected chi connectivity index (χ2v) is 5.50. The van der Waals surface area contributed by atoms with Crippen LogP contribution in [0, 0.1) is 0 Å². The van der Waals surface area contributed by atoms with Crippen LogP contribution in [0.15, 0.2) is 36.5 Å². The summed E-state index contributed by atoms with van der Waals surface area (Å²) in [6, 6.07) is 8.51. The van der Waals surface area contributed by atoms with Crippen molar-refractivity contribution in [3.63, 3.8) is 0 Å².